The molecule has 0 heterocycles. The zero-order valence-electron chi connectivity index (χ0n) is 11.2. The average molecular weight is 265 g/mol. The molecule has 0 spiro atoms. The smallest absolute Gasteiger partial charge is 0.164 e. The van der Waals surface area contributed by atoms with Gasteiger partial charge in [-0.3, -0.25) is 4.79 Å². The van der Waals surface area contributed by atoms with Crippen LogP contribution in [0.5, 0.6) is 0 Å². The van der Waals surface area contributed by atoms with Gasteiger partial charge in [-0.2, -0.15) is 0 Å². The van der Waals surface area contributed by atoms with Crippen molar-refractivity contribution in [3.63, 3.8) is 0 Å². The summed E-state index contributed by atoms with van der Waals surface area (Å²) in [5.74, 6) is -0.829. The van der Waals surface area contributed by atoms with Gasteiger partial charge in [-0.25, -0.2) is 4.39 Å². The first-order chi connectivity index (χ1) is 9.02. The summed E-state index contributed by atoms with van der Waals surface area (Å²) in [6.07, 6.45) is 4.69. The van der Waals surface area contributed by atoms with Gasteiger partial charge < -0.3 is 10.4 Å². The molecule has 1 aliphatic carbocycles. The van der Waals surface area contributed by atoms with Crippen LogP contribution in [0.3, 0.4) is 0 Å². The topological polar surface area (TPSA) is 49.3 Å². The summed E-state index contributed by atoms with van der Waals surface area (Å²) >= 11 is 0. The van der Waals surface area contributed by atoms with Gasteiger partial charge in [0.1, 0.15) is 5.82 Å². The summed E-state index contributed by atoms with van der Waals surface area (Å²) in [6.45, 7) is 1.70. The molecule has 1 aliphatic rings. The number of aliphatic hydroxyl groups is 1. The normalized spacial score (nSPS) is 18.1. The van der Waals surface area contributed by atoms with E-state index in [1.54, 1.807) is 12.1 Å². The highest BCUT2D eigenvalue weighted by atomic mass is 19.1. The number of ketones is 1. The van der Waals surface area contributed by atoms with Crippen LogP contribution in [0.25, 0.3) is 0 Å². The molecule has 2 rings (SSSR count). The Kier molecular flexibility index (Phi) is 4.20. The summed E-state index contributed by atoms with van der Waals surface area (Å²) in [4.78, 5) is 11.5. The van der Waals surface area contributed by atoms with Gasteiger partial charge >= 0.3 is 0 Å². The fourth-order valence-corrected chi connectivity index (χ4v) is 2.68. The minimum Gasteiger partial charge on any atom is -0.388 e. The molecule has 0 atom stereocenters. The first kappa shape index (κ1) is 14.0. The van der Waals surface area contributed by atoms with E-state index in [2.05, 4.69) is 5.32 Å². The molecular formula is C15H20FNO2. The Labute approximate surface area is 112 Å². The largest absolute Gasteiger partial charge is 0.388 e. The molecule has 0 aromatic heterocycles. The maximum Gasteiger partial charge on any atom is 0.164 e. The predicted octanol–water partition coefficient (Wildman–Crippen LogP) is 3.14. The van der Waals surface area contributed by atoms with Gasteiger partial charge in [0.15, 0.2) is 5.78 Å². The molecule has 0 saturated heterocycles. The summed E-state index contributed by atoms with van der Waals surface area (Å²) in [6, 6.07) is 4.51. The van der Waals surface area contributed by atoms with Crippen LogP contribution in [0.2, 0.25) is 0 Å². The lowest BCUT2D eigenvalue weighted by atomic mass is 9.85. The molecule has 1 aromatic rings. The maximum atomic E-state index is 13.6. The quantitative estimate of drug-likeness (QED) is 0.822. The molecule has 0 radical (unpaired) electrons. The summed E-state index contributed by atoms with van der Waals surface area (Å²) in [5.41, 5.74) is -0.202. The zero-order chi connectivity index (χ0) is 13.9. The van der Waals surface area contributed by atoms with Crippen molar-refractivity contribution in [3.05, 3.63) is 29.6 Å². The Bertz CT molecular complexity index is 467. The highest BCUT2D eigenvalue weighted by Crippen LogP contribution is 2.29. The molecule has 0 aliphatic heterocycles. The SMILES string of the molecule is CC(=O)c1c(F)cccc1NCC1(O)CCCCC1. The van der Waals surface area contributed by atoms with Gasteiger partial charge in [-0.15, -0.1) is 0 Å². The fraction of sp³-hybridized carbons (Fsp3) is 0.533. The van der Waals surface area contributed by atoms with Crippen molar-refractivity contribution in [2.45, 2.75) is 44.6 Å². The van der Waals surface area contributed by atoms with Crippen molar-refractivity contribution >= 4 is 11.5 Å². The monoisotopic (exact) mass is 265 g/mol. The number of rotatable bonds is 4. The number of hydrogen-bond donors (Lipinski definition) is 2. The molecule has 3 nitrogen and oxygen atoms in total. The summed E-state index contributed by atoms with van der Waals surface area (Å²) < 4.78 is 13.6. The third kappa shape index (κ3) is 3.32. The van der Waals surface area contributed by atoms with Gasteiger partial charge in [0.2, 0.25) is 0 Å². The van der Waals surface area contributed by atoms with Crippen LogP contribution in [0.4, 0.5) is 10.1 Å². The van der Waals surface area contributed by atoms with Crippen molar-refractivity contribution in [1.29, 1.82) is 0 Å². The Morgan fingerprint density at radius 3 is 2.68 bits per heavy atom. The Hall–Kier alpha value is -1.42. The lowest BCUT2D eigenvalue weighted by Crippen LogP contribution is -2.39. The number of nitrogens with one attached hydrogen (secondary N) is 1. The Morgan fingerprint density at radius 2 is 2.05 bits per heavy atom. The standard InChI is InChI=1S/C15H20FNO2/c1-11(18)14-12(16)6-5-7-13(14)17-10-15(19)8-3-2-4-9-15/h5-7,17,19H,2-4,8-10H2,1H3. The first-order valence-electron chi connectivity index (χ1n) is 6.77. The van der Waals surface area contributed by atoms with Crippen molar-refractivity contribution in [2.24, 2.45) is 0 Å². The first-order valence-corrected chi connectivity index (χ1v) is 6.77. The van der Waals surface area contributed by atoms with E-state index in [1.165, 1.54) is 13.0 Å². The summed E-state index contributed by atoms with van der Waals surface area (Å²) in [5, 5.41) is 13.4. The Morgan fingerprint density at radius 1 is 1.37 bits per heavy atom. The third-order valence-corrected chi connectivity index (χ3v) is 3.76. The third-order valence-electron chi connectivity index (χ3n) is 3.76. The number of Topliss-reactive ketones (excluding diaryl/α,β-unsaturated/α-hetero) is 1. The van der Waals surface area contributed by atoms with Crippen LogP contribution >= 0.6 is 0 Å². The minimum absolute atomic E-state index is 0.0712. The molecule has 2 N–H and O–H groups in total. The molecule has 104 valence electrons. The molecule has 1 fully saturated rings. The number of carbonyl (C=O) groups is 1. The van der Waals surface area contributed by atoms with Gasteiger partial charge in [-0.05, 0) is 31.9 Å². The maximum absolute atomic E-state index is 13.6. The van der Waals surface area contributed by atoms with Crippen LogP contribution in [0, 0.1) is 5.82 Å². The van der Waals surface area contributed by atoms with E-state index in [4.69, 9.17) is 0 Å². The predicted molar refractivity (Wildman–Crippen MR) is 72.9 cm³/mol. The fourth-order valence-electron chi connectivity index (χ4n) is 2.68. The molecule has 0 unspecified atom stereocenters. The second kappa shape index (κ2) is 5.70. The lowest BCUT2D eigenvalue weighted by Gasteiger charge is -2.32. The highest BCUT2D eigenvalue weighted by Gasteiger charge is 2.29. The van der Waals surface area contributed by atoms with Crippen LogP contribution < -0.4 is 5.32 Å². The Balaban J connectivity index is 2.11. The van der Waals surface area contributed by atoms with Crippen molar-refractivity contribution in [2.75, 3.05) is 11.9 Å². The van der Waals surface area contributed by atoms with Crippen LogP contribution in [-0.2, 0) is 0 Å². The van der Waals surface area contributed by atoms with E-state index >= 15 is 0 Å². The summed E-state index contributed by atoms with van der Waals surface area (Å²) in [7, 11) is 0. The number of hydrogen-bond acceptors (Lipinski definition) is 3. The molecule has 19 heavy (non-hydrogen) atoms. The van der Waals surface area contributed by atoms with E-state index < -0.39 is 11.4 Å². The van der Waals surface area contributed by atoms with Gasteiger partial charge in [0, 0.05) is 12.2 Å². The average Bonchev–Trinajstić information content (AvgIpc) is 2.37. The number of benzene rings is 1. The van der Waals surface area contributed by atoms with Crippen molar-refractivity contribution in [3.8, 4) is 0 Å². The molecule has 0 bridgehead atoms. The van der Waals surface area contributed by atoms with E-state index in [1.807, 2.05) is 0 Å². The minimum atomic E-state index is -0.737. The second-order valence-electron chi connectivity index (χ2n) is 5.36. The highest BCUT2D eigenvalue weighted by molar-refractivity contribution is 5.99. The van der Waals surface area contributed by atoms with E-state index in [0.29, 0.717) is 12.2 Å². The van der Waals surface area contributed by atoms with E-state index in [9.17, 15) is 14.3 Å². The molecule has 0 amide bonds. The van der Waals surface area contributed by atoms with Gasteiger partial charge in [0.05, 0.1) is 11.2 Å². The van der Waals surface area contributed by atoms with E-state index in [0.717, 1.165) is 32.1 Å². The van der Waals surface area contributed by atoms with Gasteiger partial charge in [-0.1, -0.05) is 25.3 Å². The van der Waals surface area contributed by atoms with Crippen LogP contribution in [-0.4, -0.2) is 23.0 Å². The lowest BCUT2D eigenvalue weighted by molar-refractivity contribution is 0.0167. The van der Waals surface area contributed by atoms with Crippen molar-refractivity contribution < 1.29 is 14.3 Å². The van der Waals surface area contributed by atoms with Crippen molar-refractivity contribution in [1.82, 2.24) is 0 Å². The number of halogens is 1. The number of carbonyl (C=O) groups excluding carboxylic acids is 1. The van der Waals surface area contributed by atoms with Crippen LogP contribution in [0.1, 0.15) is 49.4 Å². The zero-order valence-corrected chi connectivity index (χ0v) is 11.2. The van der Waals surface area contributed by atoms with E-state index in [-0.39, 0.29) is 11.3 Å². The molecule has 1 aromatic carbocycles. The number of anilines is 1. The molecular weight excluding hydrogens is 245 g/mol. The molecule has 4 heteroatoms. The second-order valence-corrected chi connectivity index (χ2v) is 5.36. The van der Waals surface area contributed by atoms with Gasteiger partial charge in [0.25, 0.3) is 0 Å². The van der Waals surface area contributed by atoms with Crippen LogP contribution in [0.15, 0.2) is 18.2 Å². The molecule has 1 saturated carbocycles.